The Balaban J connectivity index is 1.89. The van der Waals surface area contributed by atoms with Gasteiger partial charge in [0.15, 0.2) is 0 Å². The lowest BCUT2D eigenvalue weighted by molar-refractivity contribution is -0.139. The van der Waals surface area contributed by atoms with E-state index in [1.807, 2.05) is 6.92 Å². The van der Waals surface area contributed by atoms with Crippen molar-refractivity contribution in [2.24, 2.45) is 0 Å². The van der Waals surface area contributed by atoms with Crippen LogP contribution in [0.3, 0.4) is 0 Å². The van der Waals surface area contributed by atoms with Gasteiger partial charge in [-0.05, 0) is 84.5 Å². The zero-order valence-electron chi connectivity index (χ0n) is 19.0. The van der Waals surface area contributed by atoms with Gasteiger partial charge in [0.1, 0.15) is 5.75 Å². The van der Waals surface area contributed by atoms with Crippen molar-refractivity contribution in [3.05, 3.63) is 70.4 Å². The molecular formula is C28H27NO3. The van der Waals surface area contributed by atoms with Crippen LogP contribution >= 0.6 is 0 Å². The van der Waals surface area contributed by atoms with Crippen molar-refractivity contribution >= 4 is 27.6 Å². The molecule has 0 N–H and O–H groups in total. The molecule has 0 atom stereocenters. The third-order valence-electron chi connectivity index (χ3n) is 6.71. The SMILES string of the molecule is COC(=O)Cc1c(-c2ccc3c(c2)CCCO3)c(C)c2c(nc(C)c3ccccc32)c1C. The first-order valence-electron chi connectivity index (χ1n) is 11.1. The van der Waals surface area contributed by atoms with Gasteiger partial charge >= 0.3 is 5.97 Å². The van der Waals surface area contributed by atoms with E-state index in [-0.39, 0.29) is 12.4 Å². The van der Waals surface area contributed by atoms with Gasteiger partial charge in [0.2, 0.25) is 0 Å². The van der Waals surface area contributed by atoms with Gasteiger partial charge in [0.05, 0.1) is 25.7 Å². The monoisotopic (exact) mass is 425 g/mol. The standard InChI is InChI=1S/C28H27NO3/c1-16-23(15-25(30)31-4)26(20-11-12-24-19(14-20)8-7-13-32-24)17(2)27-22-10-6-5-9-21(22)18(3)29-28(16)27/h5-6,9-12,14H,7-8,13,15H2,1-4H3. The summed E-state index contributed by atoms with van der Waals surface area (Å²) in [5, 5.41) is 3.51. The van der Waals surface area contributed by atoms with Crippen molar-refractivity contribution in [1.82, 2.24) is 4.98 Å². The van der Waals surface area contributed by atoms with Gasteiger partial charge in [-0.1, -0.05) is 30.3 Å². The summed E-state index contributed by atoms with van der Waals surface area (Å²) in [5.41, 5.74) is 8.56. The van der Waals surface area contributed by atoms with E-state index < -0.39 is 0 Å². The second-order valence-electron chi connectivity index (χ2n) is 8.60. The number of hydrogen-bond acceptors (Lipinski definition) is 4. The van der Waals surface area contributed by atoms with Gasteiger partial charge in [-0.3, -0.25) is 9.78 Å². The highest BCUT2D eigenvalue weighted by Gasteiger charge is 2.22. The minimum absolute atomic E-state index is 0.218. The molecule has 3 aromatic carbocycles. The molecular weight excluding hydrogens is 398 g/mol. The summed E-state index contributed by atoms with van der Waals surface area (Å²) in [6.45, 7) is 7.04. The summed E-state index contributed by atoms with van der Waals surface area (Å²) in [5.74, 6) is 0.722. The van der Waals surface area contributed by atoms with Gasteiger partial charge in [-0.25, -0.2) is 0 Å². The van der Waals surface area contributed by atoms with Crippen LogP contribution in [0.25, 0.3) is 32.8 Å². The average molecular weight is 426 g/mol. The number of methoxy groups -OCH3 is 1. The third kappa shape index (κ3) is 3.22. The Labute approximate surface area is 188 Å². The number of esters is 1. The number of aryl methyl sites for hydroxylation is 4. The molecule has 5 rings (SSSR count). The molecule has 0 spiro atoms. The number of fused-ring (bicyclic) bond motifs is 4. The van der Waals surface area contributed by atoms with Gasteiger partial charge < -0.3 is 9.47 Å². The second kappa shape index (κ2) is 7.94. The molecule has 0 aliphatic carbocycles. The number of nitrogens with zero attached hydrogens (tertiary/aromatic N) is 1. The number of pyridine rings is 1. The van der Waals surface area contributed by atoms with E-state index in [9.17, 15) is 4.79 Å². The summed E-state index contributed by atoms with van der Waals surface area (Å²) < 4.78 is 10.9. The second-order valence-corrected chi connectivity index (χ2v) is 8.60. The summed E-state index contributed by atoms with van der Waals surface area (Å²) in [6.07, 6.45) is 2.25. The van der Waals surface area contributed by atoms with Gasteiger partial charge in [0.25, 0.3) is 0 Å². The van der Waals surface area contributed by atoms with Crippen molar-refractivity contribution in [2.75, 3.05) is 13.7 Å². The van der Waals surface area contributed by atoms with E-state index >= 15 is 0 Å². The Morgan fingerprint density at radius 1 is 1.06 bits per heavy atom. The largest absolute Gasteiger partial charge is 0.493 e. The predicted octanol–water partition coefficient (Wildman–Crippen LogP) is 6.02. The van der Waals surface area contributed by atoms with Crippen molar-refractivity contribution in [2.45, 2.75) is 40.0 Å². The normalized spacial score (nSPS) is 13.1. The molecule has 162 valence electrons. The number of hydrogen-bond donors (Lipinski definition) is 0. The van der Waals surface area contributed by atoms with E-state index in [0.717, 1.165) is 75.0 Å². The van der Waals surface area contributed by atoms with Crippen LogP contribution in [0.2, 0.25) is 0 Å². The van der Waals surface area contributed by atoms with E-state index in [1.54, 1.807) is 0 Å². The lowest BCUT2D eigenvalue weighted by Gasteiger charge is -2.22. The molecule has 1 aliphatic heterocycles. The summed E-state index contributed by atoms with van der Waals surface area (Å²) in [7, 11) is 1.44. The number of aromatic nitrogens is 1. The minimum atomic E-state index is -0.244. The topological polar surface area (TPSA) is 48.4 Å². The molecule has 4 heteroatoms. The maximum absolute atomic E-state index is 12.4. The van der Waals surface area contributed by atoms with Gasteiger partial charge in [0, 0.05) is 16.5 Å². The van der Waals surface area contributed by atoms with E-state index in [1.165, 1.54) is 18.1 Å². The van der Waals surface area contributed by atoms with Gasteiger partial charge in [-0.15, -0.1) is 0 Å². The van der Waals surface area contributed by atoms with Crippen LogP contribution in [0.4, 0.5) is 0 Å². The zero-order valence-corrected chi connectivity index (χ0v) is 19.0. The highest BCUT2D eigenvalue weighted by molar-refractivity contribution is 6.12. The summed E-state index contributed by atoms with van der Waals surface area (Å²) in [6, 6.07) is 14.8. The van der Waals surface area contributed by atoms with Crippen molar-refractivity contribution < 1.29 is 14.3 Å². The molecule has 4 nitrogen and oxygen atoms in total. The lowest BCUT2D eigenvalue weighted by atomic mass is 9.84. The van der Waals surface area contributed by atoms with Crippen LogP contribution in [-0.4, -0.2) is 24.7 Å². The molecule has 2 heterocycles. The predicted molar refractivity (Wildman–Crippen MR) is 128 cm³/mol. The van der Waals surface area contributed by atoms with Crippen LogP contribution in [0.15, 0.2) is 42.5 Å². The Hall–Kier alpha value is -3.40. The Morgan fingerprint density at radius 2 is 1.84 bits per heavy atom. The van der Waals surface area contributed by atoms with Crippen LogP contribution in [0, 0.1) is 20.8 Å². The van der Waals surface area contributed by atoms with Crippen molar-refractivity contribution in [3.63, 3.8) is 0 Å². The number of rotatable bonds is 3. The molecule has 0 saturated heterocycles. The maximum Gasteiger partial charge on any atom is 0.310 e. The molecule has 0 fully saturated rings. The highest BCUT2D eigenvalue weighted by Crippen LogP contribution is 2.41. The smallest absolute Gasteiger partial charge is 0.310 e. The van der Waals surface area contributed by atoms with Gasteiger partial charge in [-0.2, -0.15) is 0 Å². The fourth-order valence-corrected chi connectivity index (χ4v) is 5.10. The third-order valence-corrected chi connectivity index (χ3v) is 6.71. The molecule has 0 amide bonds. The fraction of sp³-hybridized carbons (Fsp3) is 0.286. The molecule has 0 saturated carbocycles. The van der Waals surface area contributed by atoms with E-state index in [2.05, 4.69) is 56.3 Å². The number of carbonyl (C=O) groups is 1. The Kier molecular flexibility index (Phi) is 5.09. The fourth-order valence-electron chi connectivity index (χ4n) is 5.10. The molecule has 1 aliphatic rings. The number of carbonyl (C=O) groups excluding carboxylic acids is 1. The van der Waals surface area contributed by atoms with Crippen LogP contribution in [-0.2, 0) is 22.4 Å². The first-order valence-corrected chi connectivity index (χ1v) is 11.1. The molecule has 4 aromatic rings. The maximum atomic E-state index is 12.4. The first-order chi connectivity index (χ1) is 15.5. The molecule has 1 aromatic heterocycles. The molecule has 32 heavy (non-hydrogen) atoms. The van der Waals surface area contributed by atoms with Crippen molar-refractivity contribution in [1.29, 1.82) is 0 Å². The molecule has 0 radical (unpaired) electrons. The van der Waals surface area contributed by atoms with Crippen LogP contribution in [0.5, 0.6) is 5.75 Å². The average Bonchev–Trinajstić information content (AvgIpc) is 2.82. The minimum Gasteiger partial charge on any atom is -0.493 e. The quantitative estimate of drug-likeness (QED) is 0.297. The molecule has 0 bridgehead atoms. The van der Waals surface area contributed by atoms with Crippen LogP contribution < -0.4 is 4.74 Å². The Bertz CT molecular complexity index is 1390. The highest BCUT2D eigenvalue weighted by atomic mass is 16.5. The van der Waals surface area contributed by atoms with E-state index in [4.69, 9.17) is 14.5 Å². The Morgan fingerprint density at radius 3 is 2.62 bits per heavy atom. The zero-order chi connectivity index (χ0) is 22.4. The van der Waals surface area contributed by atoms with Crippen molar-refractivity contribution in [3.8, 4) is 16.9 Å². The summed E-state index contributed by atoms with van der Waals surface area (Å²) >= 11 is 0. The lowest BCUT2D eigenvalue weighted by Crippen LogP contribution is -2.11. The van der Waals surface area contributed by atoms with Crippen LogP contribution in [0.1, 0.15) is 34.4 Å². The summed E-state index contributed by atoms with van der Waals surface area (Å²) in [4.78, 5) is 17.4. The first kappa shape index (κ1) is 20.5. The molecule has 0 unspecified atom stereocenters. The number of ether oxygens (including phenoxy) is 2. The van der Waals surface area contributed by atoms with E-state index in [0.29, 0.717) is 0 Å². The number of benzene rings is 3.